The number of nitrogens with one attached hydrogen (secondary N) is 1. The van der Waals surface area contributed by atoms with Gasteiger partial charge in [0.15, 0.2) is 0 Å². The fourth-order valence-electron chi connectivity index (χ4n) is 3.21. The summed E-state index contributed by atoms with van der Waals surface area (Å²) in [5.41, 5.74) is 0.962. The Hall–Kier alpha value is -2.35. The van der Waals surface area contributed by atoms with Crippen LogP contribution in [0.4, 0.5) is 4.79 Å². The van der Waals surface area contributed by atoms with Crippen molar-refractivity contribution in [2.24, 2.45) is 0 Å². The smallest absolute Gasteiger partial charge is 0.407 e. The number of aromatic nitrogens is 2. The van der Waals surface area contributed by atoms with Gasteiger partial charge < -0.3 is 19.4 Å². The molecule has 24 heavy (non-hydrogen) atoms. The molecule has 0 radical (unpaired) electrons. The molecule has 1 aliphatic rings. The summed E-state index contributed by atoms with van der Waals surface area (Å²) in [6.45, 7) is 0.850. The van der Waals surface area contributed by atoms with Crippen molar-refractivity contribution in [2.45, 2.75) is 18.8 Å². The molecule has 2 aromatic heterocycles. The van der Waals surface area contributed by atoms with Crippen LogP contribution in [0.5, 0.6) is 0 Å². The van der Waals surface area contributed by atoms with E-state index in [4.69, 9.17) is 4.42 Å². The molecule has 7 nitrogen and oxygen atoms in total. The first kappa shape index (κ1) is 15.2. The molecule has 3 heterocycles. The van der Waals surface area contributed by atoms with Crippen LogP contribution in [0.1, 0.15) is 24.6 Å². The number of aromatic amines is 1. The third-order valence-electron chi connectivity index (χ3n) is 4.38. The zero-order chi connectivity index (χ0) is 16.8. The molecule has 3 aromatic rings. The molecule has 1 unspecified atom stereocenters. The number of nitrogens with zero attached hydrogens (tertiary/aromatic N) is 2. The van der Waals surface area contributed by atoms with Crippen molar-refractivity contribution in [3.63, 3.8) is 0 Å². The monoisotopic (exact) mass is 391 g/mol. The molecule has 1 saturated heterocycles. The standard InChI is InChI=1S/C16H14BrN3O4/c17-9-3-4-11-10(6-9)12-13(24-11)15(21)19-14(18-12)8-2-1-5-20(7-8)16(22)23/h3-4,6,8H,1-2,5,7H2,(H,22,23)(H,18,19,21). The van der Waals surface area contributed by atoms with E-state index >= 15 is 0 Å². The first-order chi connectivity index (χ1) is 11.5. The van der Waals surface area contributed by atoms with Gasteiger partial charge in [-0.15, -0.1) is 0 Å². The van der Waals surface area contributed by atoms with Crippen LogP contribution in [-0.4, -0.2) is 39.2 Å². The number of hydrogen-bond donors (Lipinski definition) is 2. The highest BCUT2D eigenvalue weighted by molar-refractivity contribution is 9.10. The molecule has 1 fully saturated rings. The number of hydrogen-bond acceptors (Lipinski definition) is 4. The molecule has 1 aromatic carbocycles. The summed E-state index contributed by atoms with van der Waals surface area (Å²) in [6, 6.07) is 5.49. The van der Waals surface area contributed by atoms with E-state index < -0.39 is 6.09 Å². The Morgan fingerprint density at radius 3 is 3.08 bits per heavy atom. The highest BCUT2D eigenvalue weighted by Crippen LogP contribution is 2.30. The number of halogens is 1. The zero-order valence-corrected chi connectivity index (χ0v) is 14.2. The van der Waals surface area contributed by atoms with Gasteiger partial charge in [-0.05, 0) is 31.0 Å². The summed E-state index contributed by atoms with van der Waals surface area (Å²) in [5, 5.41) is 9.94. The molecular weight excluding hydrogens is 378 g/mol. The average molecular weight is 392 g/mol. The number of likely N-dealkylation sites (tertiary alicyclic amines) is 1. The van der Waals surface area contributed by atoms with Gasteiger partial charge in [0.1, 0.15) is 16.9 Å². The van der Waals surface area contributed by atoms with Crippen molar-refractivity contribution in [1.29, 1.82) is 0 Å². The van der Waals surface area contributed by atoms with E-state index in [0.29, 0.717) is 30.0 Å². The average Bonchev–Trinajstić information content (AvgIpc) is 2.93. The molecule has 1 atom stereocenters. The van der Waals surface area contributed by atoms with E-state index in [1.54, 1.807) is 6.07 Å². The van der Waals surface area contributed by atoms with Crippen molar-refractivity contribution >= 4 is 44.1 Å². The maximum Gasteiger partial charge on any atom is 0.407 e. The summed E-state index contributed by atoms with van der Waals surface area (Å²) < 4.78 is 6.48. The molecule has 2 N–H and O–H groups in total. The molecule has 124 valence electrons. The minimum absolute atomic E-state index is 0.121. The highest BCUT2D eigenvalue weighted by Gasteiger charge is 2.27. The van der Waals surface area contributed by atoms with Crippen LogP contribution in [-0.2, 0) is 0 Å². The Kier molecular flexibility index (Phi) is 3.56. The third-order valence-corrected chi connectivity index (χ3v) is 4.88. The van der Waals surface area contributed by atoms with Crippen LogP contribution in [0, 0.1) is 0 Å². The third kappa shape index (κ3) is 2.47. The predicted molar refractivity (Wildman–Crippen MR) is 91.4 cm³/mol. The van der Waals surface area contributed by atoms with Crippen LogP contribution in [0.25, 0.3) is 22.1 Å². The van der Waals surface area contributed by atoms with Crippen molar-refractivity contribution in [1.82, 2.24) is 14.9 Å². The Labute approximate surface area is 144 Å². The van der Waals surface area contributed by atoms with Crippen molar-refractivity contribution in [3.05, 3.63) is 38.9 Å². The molecule has 4 rings (SSSR count). The van der Waals surface area contributed by atoms with Gasteiger partial charge in [0, 0.05) is 28.9 Å². The molecule has 0 spiro atoms. The summed E-state index contributed by atoms with van der Waals surface area (Å²) in [5.74, 6) is 0.394. The van der Waals surface area contributed by atoms with Crippen LogP contribution in [0.3, 0.4) is 0 Å². The number of piperidine rings is 1. The first-order valence-corrected chi connectivity index (χ1v) is 8.42. The Balaban J connectivity index is 1.84. The lowest BCUT2D eigenvalue weighted by Crippen LogP contribution is -2.38. The maximum atomic E-state index is 12.4. The lowest BCUT2D eigenvalue weighted by atomic mass is 9.97. The topological polar surface area (TPSA) is 99.4 Å². The van der Waals surface area contributed by atoms with Crippen molar-refractivity contribution < 1.29 is 14.3 Å². The fourth-order valence-corrected chi connectivity index (χ4v) is 3.57. The van der Waals surface area contributed by atoms with Gasteiger partial charge in [-0.1, -0.05) is 15.9 Å². The van der Waals surface area contributed by atoms with Gasteiger partial charge >= 0.3 is 6.09 Å². The van der Waals surface area contributed by atoms with E-state index in [1.165, 1.54) is 4.90 Å². The van der Waals surface area contributed by atoms with Crippen LogP contribution < -0.4 is 5.56 Å². The predicted octanol–water partition coefficient (Wildman–Crippen LogP) is 3.29. The minimum atomic E-state index is -0.944. The largest absolute Gasteiger partial charge is 0.465 e. The number of carbonyl (C=O) groups is 1. The van der Waals surface area contributed by atoms with Crippen LogP contribution >= 0.6 is 15.9 Å². The summed E-state index contributed by atoms with van der Waals surface area (Å²) in [6.07, 6.45) is 0.592. The molecular formula is C16H14BrN3O4. The summed E-state index contributed by atoms with van der Waals surface area (Å²) in [4.78, 5) is 32.3. The van der Waals surface area contributed by atoms with E-state index in [0.717, 1.165) is 22.7 Å². The van der Waals surface area contributed by atoms with Gasteiger partial charge in [-0.3, -0.25) is 4.79 Å². The van der Waals surface area contributed by atoms with Crippen molar-refractivity contribution in [3.8, 4) is 0 Å². The second-order valence-corrected chi connectivity index (χ2v) is 6.85. The number of H-pyrrole nitrogens is 1. The minimum Gasteiger partial charge on any atom is -0.465 e. The SMILES string of the molecule is O=C(O)N1CCCC(c2nc3c(oc4ccc(Br)cc43)c(=O)[nH]2)C1. The number of amides is 1. The Morgan fingerprint density at radius 2 is 2.29 bits per heavy atom. The second-order valence-electron chi connectivity index (χ2n) is 5.94. The van der Waals surface area contributed by atoms with Crippen molar-refractivity contribution in [2.75, 3.05) is 13.1 Å². The maximum absolute atomic E-state index is 12.4. The number of furan rings is 1. The zero-order valence-electron chi connectivity index (χ0n) is 12.6. The van der Waals surface area contributed by atoms with E-state index in [9.17, 15) is 14.7 Å². The normalized spacial score (nSPS) is 18.4. The van der Waals surface area contributed by atoms with E-state index in [-0.39, 0.29) is 17.1 Å². The second kappa shape index (κ2) is 5.62. The number of carboxylic acid groups (broad SMARTS) is 1. The lowest BCUT2D eigenvalue weighted by molar-refractivity contribution is 0.129. The Morgan fingerprint density at radius 1 is 1.46 bits per heavy atom. The van der Waals surface area contributed by atoms with Gasteiger partial charge in [0.25, 0.3) is 5.56 Å². The van der Waals surface area contributed by atoms with E-state index in [2.05, 4.69) is 25.9 Å². The van der Waals surface area contributed by atoms with Gasteiger partial charge in [-0.2, -0.15) is 0 Å². The number of fused-ring (bicyclic) bond motifs is 3. The lowest BCUT2D eigenvalue weighted by Gasteiger charge is -2.29. The molecule has 0 saturated carbocycles. The van der Waals surface area contributed by atoms with Crippen LogP contribution in [0.15, 0.2) is 31.9 Å². The highest BCUT2D eigenvalue weighted by atomic mass is 79.9. The van der Waals surface area contributed by atoms with Gasteiger partial charge in [0.05, 0.1) is 0 Å². The quantitative estimate of drug-likeness (QED) is 0.662. The van der Waals surface area contributed by atoms with Gasteiger partial charge in [0.2, 0.25) is 5.58 Å². The molecule has 8 heteroatoms. The molecule has 0 aliphatic carbocycles. The van der Waals surface area contributed by atoms with E-state index in [1.807, 2.05) is 12.1 Å². The molecule has 1 amide bonds. The summed E-state index contributed by atoms with van der Waals surface area (Å²) >= 11 is 3.41. The van der Waals surface area contributed by atoms with Crippen LogP contribution in [0.2, 0.25) is 0 Å². The Bertz CT molecular complexity index is 1010. The summed E-state index contributed by atoms with van der Waals surface area (Å²) in [7, 11) is 0. The first-order valence-electron chi connectivity index (χ1n) is 7.63. The van der Waals surface area contributed by atoms with Gasteiger partial charge in [-0.25, -0.2) is 9.78 Å². The number of benzene rings is 1. The number of rotatable bonds is 1. The molecule has 1 aliphatic heterocycles. The molecule has 0 bridgehead atoms. The fraction of sp³-hybridized carbons (Fsp3) is 0.312.